The van der Waals surface area contributed by atoms with Crippen LogP contribution in [0.1, 0.15) is 30.4 Å². The van der Waals surface area contributed by atoms with Gasteiger partial charge in [0.15, 0.2) is 0 Å². The monoisotopic (exact) mass is 260 g/mol. The second-order valence-corrected chi connectivity index (χ2v) is 4.77. The highest BCUT2D eigenvalue weighted by Gasteiger charge is 2.21. The van der Waals surface area contributed by atoms with Crippen LogP contribution >= 0.6 is 0 Å². The molecule has 0 spiro atoms. The summed E-state index contributed by atoms with van der Waals surface area (Å²) in [6, 6.07) is 5.91. The maximum Gasteiger partial charge on any atom is 0.134 e. The first-order chi connectivity index (χ1) is 9.33. The predicted octanol–water partition coefficient (Wildman–Crippen LogP) is 2.36. The minimum Gasteiger partial charge on any atom is -0.495 e. The summed E-state index contributed by atoms with van der Waals surface area (Å²) in [5, 5.41) is 8.75. The first-order valence-electron chi connectivity index (χ1n) is 6.68. The molecule has 102 valence electrons. The Balaban J connectivity index is 1.99. The summed E-state index contributed by atoms with van der Waals surface area (Å²) in [6.07, 6.45) is 3.09. The lowest BCUT2D eigenvalue weighted by molar-refractivity contribution is 0.111. The van der Waals surface area contributed by atoms with Gasteiger partial charge in [0, 0.05) is 13.0 Å². The van der Waals surface area contributed by atoms with Crippen molar-refractivity contribution in [2.45, 2.75) is 25.9 Å². The number of methoxy groups -OCH3 is 1. The second kappa shape index (κ2) is 7.18. The first-order valence-corrected chi connectivity index (χ1v) is 6.68. The van der Waals surface area contributed by atoms with Gasteiger partial charge in [-0.25, -0.2) is 0 Å². The number of ether oxygens (including phenoxy) is 2. The molecule has 0 aliphatic heterocycles. The van der Waals surface area contributed by atoms with Gasteiger partial charge in [-0.1, -0.05) is 17.9 Å². The molecule has 1 aromatic rings. The van der Waals surface area contributed by atoms with Crippen molar-refractivity contribution in [1.82, 2.24) is 0 Å². The normalized spacial score (nSPS) is 13.8. The van der Waals surface area contributed by atoms with E-state index < -0.39 is 0 Å². The molecule has 0 radical (unpaired) electrons. The summed E-state index contributed by atoms with van der Waals surface area (Å²) in [7, 11) is 1.63. The molecule has 3 heteroatoms. The Bertz CT molecular complexity index is 467. The van der Waals surface area contributed by atoms with E-state index in [4.69, 9.17) is 14.6 Å². The molecule has 0 saturated heterocycles. The van der Waals surface area contributed by atoms with Gasteiger partial charge in [-0.2, -0.15) is 0 Å². The SMILES string of the molecule is COc1ccc(COCC2CC2)cc1C#CCCO. The fraction of sp³-hybridized carbons (Fsp3) is 0.500. The molecule has 1 N–H and O–H groups in total. The van der Waals surface area contributed by atoms with Crippen LogP contribution in [-0.2, 0) is 11.3 Å². The molecule has 0 unspecified atom stereocenters. The Morgan fingerprint density at radius 2 is 2.21 bits per heavy atom. The molecule has 19 heavy (non-hydrogen) atoms. The van der Waals surface area contributed by atoms with E-state index in [0.29, 0.717) is 13.0 Å². The van der Waals surface area contributed by atoms with Gasteiger partial charge in [0.2, 0.25) is 0 Å². The first kappa shape index (κ1) is 13.9. The number of hydrogen-bond acceptors (Lipinski definition) is 3. The Hall–Kier alpha value is -1.50. The van der Waals surface area contributed by atoms with Gasteiger partial charge in [0.25, 0.3) is 0 Å². The van der Waals surface area contributed by atoms with Gasteiger partial charge in [0.05, 0.1) is 25.9 Å². The van der Waals surface area contributed by atoms with E-state index in [1.807, 2.05) is 18.2 Å². The fourth-order valence-corrected chi connectivity index (χ4v) is 1.78. The molecule has 1 aliphatic carbocycles. The van der Waals surface area contributed by atoms with Crippen LogP contribution in [-0.4, -0.2) is 25.4 Å². The van der Waals surface area contributed by atoms with Crippen LogP contribution in [0.3, 0.4) is 0 Å². The largest absolute Gasteiger partial charge is 0.495 e. The third-order valence-corrected chi connectivity index (χ3v) is 3.04. The number of aliphatic hydroxyl groups excluding tert-OH is 1. The van der Waals surface area contributed by atoms with Crippen molar-refractivity contribution < 1.29 is 14.6 Å². The molecule has 0 aromatic heterocycles. The zero-order valence-electron chi connectivity index (χ0n) is 11.3. The zero-order chi connectivity index (χ0) is 13.5. The van der Waals surface area contributed by atoms with Gasteiger partial charge in [-0.3, -0.25) is 0 Å². The lowest BCUT2D eigenvalue weighted by Crippen LogP contribution is -1.98. The lowest BCUT2D eigenvalue weighted by atomic mass is 10.1. The molecule has 0 heterocycles. The second-order valence-electron chi connectivity index (χ2n) is 4.77. The van der Waals surface area contributed by atoms with E-state index in [1.165, 1.54) is 12.8 Å². The summed E-state index contributed by atoms with van der Waals surface area (Å²) in [5.74, 6) is 7.48. The van der Waals surface area contributed by atoms with Gasteiger partial charge in [0.1, 0.15) is 5.75 Å². The predicted molar refractivity (Wildman–Crippen MR) is 74.0 cm³/mol. The smallest absolute Gasteiger partial charge is 0.134 e. The Morgan fingerprint density at radius 1 is 1.37 bits per heavy atom. The van der Waals surface area contributed by atoms with E-state index in [9.17, 15) is 0 Å². The van der Waals surface area contributed by atoms with Crippen molar-refractivity contribution in [3.63, 3.8) is 0 Å². The van der Waals surface area contributed by atoms with Gasteiger partial charge >= 0.3 is 0 Å². The van der Waals surface area contributed by atoms with Crippen LogP contribution in [0.5, 0.6) is 5.75 Å². The number of hydrogen-bond donors (Lipinski definition) is 1. The van der Waals surface area contributed by atoms with E-state index >= 15 is 0 Å². The topological polar surface area (TPSA) is 38.7 Å². The molecule has 0 amide bonds. The van der Waals surface area contributed by atoms with Gasteiger partial charge in [-0.05, 0) is 36.5 Å². The molecule has 0 atom stereocenters. The third-order valence-electron chi connectivity index (χ3n) is 3.04. The summed E-state index contributed by atoms with van der Waals surface area (Å²) >= 11 is 0. The molecule has 1 saturated carbocycles. The molecule has 1 aliphatic rings. The molecule has 0 bridgehead atoms. The molecule has 3 nitrogen and oxygen atoms in total. The highest BCUT2D eigenvalue weighted by atomic mass is 16.5. The van der Waals surface area contributed by atoms with Crippen molar-refractivity contribution >= 4 is 0 Å². The maximum absolute atomic E-state index is 8.75. The van der Waals surface area contributed by atoms with E-state index in [-0.39, 0.29) is 6.61 Å². The summed E-state index contributed by atoms with van der Waals surface area (Å²) in [4.78, 5) is 0. The summed E-state index contributed by atoms with van der Waals surface area (Å²) in [6.45, 7) is 1.56. The average molecular weight is 260 g/mol. The van der Waals surface area contributed by atoms with E-state index in [1.54, 1.807) is 7.11 Å². The van der Waals surface area contributed by atoms with Crippen LogP contribution < -0.4 is 4.74 Å². The lowest BCUT2D eigenvalue weighted by Gasteiger charge is -2.07. The molecule has 2 rings (SSSR count). The minimum atomic E-state index is 0.0828. The quantitative estimate of drug-likeness (QED) is 0.798. The van der Waals surface area contributed by atoms with Gasteiger partial charge in [-0.15, -0.1) is 0 Å². The number of aliphatic hydroxyl groups is 1. The van der Waals surface area contributed by atoms with Crippen molar-refractivity contribution in [3.05, 3.63) is 29.3 Å². The van der Waals surface area contributed by atoms with Crippen molar-refractivity contribution in [3.8, 4) is 17.6 Å². The molecule has 1 fully saturated rings. The standard InChI is InChI=1S/C16H20O3/c1-18-16-8-7-14(12-19-11-13-5-6-13)10-15(16)4-2-3-9-17/h7-8,10,13,17H,3,5-6,9,11-12H2,1H3. The van der Waals surface area contributed by atoms with Crippen molar-refractivity contribution in [1.29, 1.82) is 0 Å². The number of benzene rings is 1. The minimum absolute atomic E-state index is 0.0828. The van der Waals surface area contributed by atoms with Crippen molar-refractivity contribution in [2.75, 3.05) is 20.3 Å². The van der Waals surface area contributed by atoms with Crippen molar-refractivity contribution in [2.24, 2.45) is 5.92 Å². The highest BCUT2D eigenvalue weighted by Crippen LogP contribution is 2.29. The van der Waals surface area contributed by atoms with E-state index in [0.717, 1.165) is 29.4 Å². The van der Waals surface area contributed by atoms with Crippen LogP contribution in [0, 0.1) is 17.8 Å². The van der Waals surface area contributed by atoms with E-state index in [2.05, 4.69) is 11.8 Å². The number of rotatable bonds is 6. The van der Waals surface area contributed by atoms with Crippen LogP contribution in [0.25, 0.3) is 0 Å². The van der Waals surface area contributed by atoms with Crippen LogP contribution in [0.2, 0.25) is 0 Å². The summed E-state index contributed by atoms with van der Waals surface area (Å²) in [5.41, 5.74) is 1.96. The summed E-state index contributed by atoms with van der Waals surface area (Å²) < 4.78 is 10.9. The average Bonchev–Trinajstić information content (AvgIpc) is 3.24. The molecule has 1 aromatic carbocycles. The Labute approximate surface area is 114 Å². The highest BCUT2D eigenvalue weighted by molar-refractivity contribution is 5.48. The van der Waals surface area contributed by atoms with Gasteiger partial charge < -0.3 is 14.6 Å². The Kier molecular flexibility index (Phi) is 5.26. The van der Waals surface area contributed by atoms with Crippen LogP contribution in [0.4, 0.5) is 0 Å². The zero-order valence-corrected chi connectivity index (χ0v) is 11.3. The van der Waals surface area contributed by atoms with Crippen LogP contribution in [0.15, 0.2) is 18.2 Å². The maximum atomic E-state index is 8.75. The molecular weight excluding hydrogens is 240 g/mol. The Morgan fingerprint density at radius 3 is 2.89 bits per heavy atom. The molecular formula is C16H20O3. The third kappa shape index (κ3) is 4.59. The fourth-order valence-electron chi connectivity index (χ4n) is 1.78.